The highest BCUT2D eigenvalue weighted by atomic mass is 16.5. The van der Waals surface area contributed by atoms with Crippen LogP contribution in [0.15, 0.2) is 57.8 Å². The first kappa shape index (κ1) is 8.97. The van der Waals surface area contributed by atoms with E-state index < -0.39 is 0 Å². The van der Waals surface area contributed by atoms with Crippen molar-refractivity contribution in [2.75, 3.05) is 0 Å². The van der Waals surface area contributed by atoms with Gasteiger partial charge in [0.15, 0.2) is 0 Å². The van der Waals surface area contributed by atoms with Crippen LogP contribution in [0.25, 0.3) is 22.0 Å². The number of nitrogens with one attached hydrogen (secondary N) is 1. The lowest BCUT2D eigenvalue weighted by molar-refractivity contribution is 0.394. The van der Waals surface area contributed by atoms with Crippen molar-refractivity contribution in [1.82, 2.24) is 5.16 Å². The molecule has 78 valence electrons. The SMILES string of the molecule is O=c1cc(-c2cccc3ccccc23)[nH]o1. The molecule has 3 aromatic rings. The number of aromatic amines is 1. The first-order chi connectivity index (χ1) is 7.84. The number of hydrogen-bond acceptors (Lipinski definition) is 2. The highest BCUT2D eigenvalue weighted by Gasteiger charge is 2.05. The smallest absolute Gasteiger partial charge is 0.339 e. The zero-order chi connectivity index (χ0) is 11.0. The number of aromatic nitrogens is 1. The topological polar surface area (TPSA) is 46.0 Å². The molecule has 0 radical (unpaired) electrons. The van der Waals surface area contributed by atoms with E-state index in [1.54, 1.807) is 0 Å². The van der Waals surface area contributed by atoms with Crippen LogP contribution < -0.4 is 5.63 Å². The summed E-state index contributed by atoms with van der Waals surface area (Å²) in [6.07, 6.45) is 0. The van der Waals surface area contributed by atoms with Crippen molar-refractivity contribution in [3.8, 4) is 11.3 Å². The van der Waals surface area contributed by atoms with Gasteiger partial charge >= 0.3 is 5.63 Å². The Morgan fingerprint density at radius 3 is 2.62 bits per heavy atom. The minimum atomic E-state index is -0.358. The minimum absolute atomic E-state index is 0.358. The first-order valence-corrected chi connectivity index (χ1v) is 5.01. The first-order valence-electron chi connectivity index (χ1n) is 5.01. The fourth-order valence-electron chi connectivity index (χ4n) is 1.88. The predicted octanol–water partition coefficient (Wildman–Crippen LogP) is 2.79. The molecule has 2 aromatic carbocycles. The molecule has 0 saturated heterocycles. The van der Waals surface area contributed by atoms with Crippen molar-refractivity contribution in [3.63, 3.8) is 0 Å². The van der Waals surface area contributed by atoms with Gasteiger partial charge in [-0.25, -0.2) is 9.95 Å². The molecule has 0 saturated carbocycles. The van der Waals surface area contributed by atoms with E-state index in [-0.39, 0.29) is 5.63 Å². The van der Waals surface area contributed by atoms with E-state index in [4.69, 9.17) is 0 Å². The van der Waals surface area contributed by atoms with Gasteiger partial charge in [0, 0.05) is 5.56 Å². The van der Waals surface area contributed by atoms with Crippen LogP contribution in [-0.4, -0.2) is 5.16 Å². The van der Waals surface area contributed by atoms with Gasteiger partial charge in [0.2, 0.25) is 0 Å². The zero-order valence-electron chi connectivity index (χ0n) is 8.44. The molecule has 0 spiro atoms. The van der Waals surface area contributed by atoms with Gasteiger partial charge in [-0.2, -0.15) is 0 Å². The molecule has 16 heavy (non-hydrogen) atoms. The van der Waals surface area contributed by atoms with E-state index in [1.165, 1.54) is 6.07 Å². The van der Waals surface area contributed by atoms with Crippen molar-refractivity contribution in [2.45, 2.75) is 0 Å². The number of rotatable bonds is 1. The fourth-order valence-corrected chi connectivity index (χ4v) is 1.88. The van der Waals surface area contributed by atoms with Gasteiger partial charge in [-0.05, 0) is 10.8 Å². The molecule has 0 fully saturated rings. The van der Waals surface area contributed by atoms with E-state index in [0.717, 1.165) is 16.3 Å². The second kappa shape index (κ2) is 3.38. The van der Waals surface area contributed by atoms with Crippen LogP contribution in [0, 0.1) is 0 Å². The Morgan fingerprint density at radius 2 is 1.81 bits per heavy atom. The third-order valence-corrected chi connectivity index (χ3v) is 2.60. The van der Waals surface area contributed by atoms with Crippen LogP contribution in [0.4, 0.5) is 0 Å². The van der Waals surface area contributed by atoms with Crippen LogP contribution in [0.2, 0.25) is 0 Å². The standard InChI is InChI=1S/C13H9NO2/c15-13-8-12(14-16-13)11-7-3-5-9-4-1-2-6-10(9)11/h1-8,14H. The molecule has 0 aliphatic rings. The van der Waals surface area contributed by atoms with Gasteiger partial charge in [-0.1, -0.05) is 42.5 Å². The van der Waals surface area contributed by atoms with Crippen LogP contribution in [0.3, 0.4) is 0 Å². The van der Waals surface area contributed by atoms with Crippen molar-refractivity contribution >= 4 is 10.8 Å². The molecule has 0 atom stereocenters. The van der Waals surface area contributed by atoms with E-state index in [1.807, 2.05) is 42.5 Å². The van der Waals surface area contributed by atoms with Crippen molar-refractivity contribution in [1.29, 1.82) is 0 Å². The lowest BCUT2D eigenvalue weighted by Crippen LogP contribution is -1.85. The number of hydrogen-bond donors (Lipinski definition) is 1. The molecule has 0 amide bonds. The highest BCUT2D eigenvalue weighted by molar-refractivity contribution is 5.95. The molecule has 3 nitrogen and oxygen atoms in total. The molecule has 0 aliphatic carbocycles. The Morgan fingerprint density at radius 1 is 1.00 bits per heavy atom. The van der Waals surface area contributed by atoms with Crippen LogP contribution in [0.1, 0.15) is 0 Å². The molecule has 0 unspecified atom stereocenters. The van der Waals surface area contributed by atoms with Gasteiger partial charge in [0.25, 0.3) is 0 Å². The second-order valence-electron chi connectivity index (χ2n) is 3.61. The monoisotopic (exact) mass is 211 g/mol. The van der Waals surface area contributed by atoms with Crippen molar-refractivity contribution < 1.29 is 4.52 Å². The lowest BCUT2D eigenvalue weighted by atomic mass is 10.0. The molecular weight excluding hydrogens is 202 g/mol. The van der Waals surface area contributed by atoms with Crippen LogP contribution in [0.5, 0.6) is 0 Å². The molecule has 1 heterocycles. The Hall–Kier alpha value is -2.29. The maximum atomic E-state index is 11.0. The van der Waals surface area contributed by atoms with Gasteiger partial charge < -0.3 is 4.52 Å². The molecule has 3 heteroatoms. The van der Waals surface area contributed by atoms with E-state index in [9.17, 15) is 4.79 Å². The maximum absolute atomic E-state index is 11.0. The van der Waals surface area contributed by atoms with E-state index in [0.29, 0.717) is 5.69 Å². The summed E-state index contributed by atoms with van der Waals surface area (Å²) < 4.78 is 4.69. The molecule has 1 N–H and O–H groups in total. The Labute approximate surface area is 91.3 Å². The van der Waals surface area contributed by atoms with Crippen LogP contribution >= 0.6 is 0 Å². The third kappa shape index (κ3) is 1.34. The predicted molar refractivity (Wildman–Crippen MR) is 62.3 cm³/mol. The second-order valence-corrected chi connectivity index (χ2v) is 3.61. The fraction of sp³-hybridized carbons (Fsp3) is 0. The quantitative estimate of drug-likeness (QED) is 0.672. The Balaban J connectivity index is 2.35. The zero-order valence-corrected chi connectivity index (χ0v) is 8.44. The van der Waals surface area contributed by atoms with Gasteiger partial charge in [0.05, 0.1) is 11.8 Å². The van der Waals surface area contributed by atoms with Crippen molar-refractivity contribution in [2.24, 2.45) is 0 Å². The summed E-state index contributed by atoms with van der Waals surface area (Å²) in [5.74, 6) is 0. The van der Waals surface area contributed by atoms with Crippen LogP contribution in [-0.2, 0) is 0 Å². The summed E-state index contributed by atoms with van der Waals surface area (Å²) in [6.45, 7) is 0. The van der Waals surface area contributed by atoms with E-state index in [2.05, 4.69) is 9.68 Å². The highest BCUT2D eigenvalue weighted by Crippen LogP contribution is 2.26. The summed E-state index contributed by atoms with van der Waals surface area (Å²) in [5.41, 5.74) is 1.33. The summed E-state index contributed by atoms with van der Waals surface area (Å²) >= 11 is 0. The summed E-state index contributed by atoms with van der Waals surface area (Å²) in [6, 6.07) is 15.5. The summed E-state index contributed by atoms with van der Waals surface area (Å²) in [7, 11) is 0. The third-order valence-electron chi connectivity index (χ3n) is 2.60. The molecule has 0 aliphatic heterocycles. The average Bonchev–Trinajstić information content (AvgIpc) is 2.75. The minimum Gasteiger partial charge on any atom is -0.339 e. The largest absolute Gasteiger partial charge is 0.357 e. The number of fused-ring (bicyclic) bond motifs is 1. The average molecular weight is 211 g/mol. The normalized spacial score (nSPS) is 10.8. The van der Waals surface area contributed by atoms with E-state index >= 15 is 0 Å². The maximum Gasteiger partial charge on any atom is 0.357 e. The van der Waals surface area contributed by atoms with Gasteiger partial charge in [-0.15, -0.1) is 0 Å². The summed E-state index contributed by atoms with van der Waals surface area (Å²) in [5, 5.41) is 4.87. The number of H-pyrrole nitrogens is 1. The summed E-state index contributed by atoms with van der Waals surface area (Å²) in [4.78, 5) is 11.0. The number of benzene rings is 2. The Bertz CT molecular complexity index is 689. The molecule has 1 aromatic heterocycles. The lowest BCUT2D eigenvalue weighted by Gasteiger charge is -2.02. The van der Waals surface area contributed by atoms with Gasteiger partial charge in [0.1, 0.15) is 0 Å². The van der Waals surface area contributed by atoms with Crippen molar-refractivity contribution in [3.05, 3.63) is 59.0 Å². The van der Waals surface area contributed by atoms with Gasteiger partial charge in [-0.3, -0.25) is 0 Å². The molecular formula is C13H9NO2. The molecule has 0 bridgehead atoms. The Kier molecular flexibility index (Phi) is 1.90. The molecule has 3 rings (SSSR count).